The zero-order valence-corrected chi connectivity index (χ0v) is 14.4. The summed E-state index contributed by atoms with van der Waals surface area (Å²) in [5.74, 6) is 0. The van der Waals surface area contributed by atoms with Gasteiger partial charge in [-0.05, 0) is 41.4 Å². The highest BCUT2D eigenvalue weighted by atomic mass is 16.5. The minimum absolute atomic E-state index is 0.125. The van der Waals surface area contributed by atoms with Gasteiger partial charge in [-0.3, -0.25) is 0 Å². The van der Waals surface area contributed by atoms with Gasteiger partial charge in [0.05, 0.1) is 6.26 Å². The monoisotopic (exact) mass is 274 g/mol. The van der Waals surface area contributed by atoms with Crippen molar-refractivity contribution in [2.24, 2.45) is 0 Å². The number of ether oxygens (including phenoxy) is 1. The zero-order valence-electron chi connectivity index (χ0n) is 14.4. The fourth-order valence-corrected chi connectivity index (χ4v) is 2.12. The molecule has 0 spiro atoms. The van der Waals surface area contributed by atoms with Crippen LogP contribution in [0.3, 0.4) is 0 Å². The Balaban J connectivity index is 3.50. The van der Waals surface area contributed by atoms with Crippen molar-refractivity contribution in [2.75, 3.05) is 0 Å². The molecule has 1 aromatic carbocycles. The van der Waals surface area contributed by atoms with Gasteiger partial charge in [-0.2, -0.15) is 0 Å². The standard InChI is InChI=1S/C19H30O/c1-10-20-19(8,9)16-12-14(17(2,3)4)11-15(13-16)18(5,6)7/h10-13H,1H2,2-9H3. The third-order valence-electron chi connectivity index (χ3n) is 3.74. The fraction of sp³-hybridized carbons (Fsp3) is 0.579. The molecule has 0 aliphatic rings. The van der Waals surface area contributed by atoms with Gasteiger partial charge in [-0.25, -0.2) is 0 Å². The van der Waals surface area contributed by atoms with Gasteiger partial charge in [0.15, 0.2) is 0 Å². The average molecular weight is 274 g/mol. The molecule has 0 radical (unpaired) electrons. The molecule has 0 aliphatic carbocycles. The molecule has 1 aromatic rings. The molecule has 0 bridgehead atoms. The summed E-state index contributed by atoms with van der Waals surface area (Å²) in [5.41, 5.74) is 3.79. The molecule has 20 heavy (non-hydrogen) atoms. The Kier molecular flexibility index (Phi) is 4.43. The summed E-state index contributed by atoms with van der Waals surface area (Å²) < 4.78 is 5.71. The maximum Gasteiger partial charge on any atom is 0.127 e. The Hall–Kier alpha value is -1.24. The van der Waals surface area contributed by atoms with Crippen molar-refractivity contribution in [1.82, 2.24) is 0 Å². The number of hydrogen-bond donors (Lipinski definition) is 0. The molecule has 0 atom stereocenters. The molecule has 0 amide bonds. The first-order valence-corrected chi connectivity index (χ1v) is 7.33. The van der Waals surface area contributed by atoms with Gasteiger partial charge < -0.3 is 4.74 Å². The van der Waals surface area contributed by atoms with Crippen LogP contribution < -0.4 is 0 Å². The molecule has 1 rings (SSSR count). The fourth-order valence-electron chi connectivity index (χ4n) is 2.12. The van der Waals surface area contributed by atoms with Crippen molar-refractivity contribution in [3.8, 4) is 0 Å². The predicted octanol–water partition coefficient (Wildman–Crippen LogP) is 5.68. The van der Waals surface area contributed by atoms with Crippen LogP contribution in [0.4, 0.5) is 0 Å². The number of benzene rings is 1. The molecule has 0 N–H and O–H groups in total. The summed E-state index contributed by atoms with van der Waals surface area (Å²) in [6, 6.07) is 6.85. The van der Waals surface area contributed by atoms with Crippen molar-refractivity contribution in [3.05, 3.63) is 47.7 Å². The lowest BCUT2D eigenvalue weighted by atomic mass is 9.78. The van der Waals surface area contributed by atoms with Crippen LogP contribution in [0.25, 0.3) is 0 Å². The van der Waals surface area contributed by atoms with Gasteiger partial charge in [-0.15, -0.1) is 0 Å². The van der Waals surface area contributed by atoms with Crippen molar-refractivity contribution in [1.29, 1.82) is 0 Å². The van der Waals surface area contributed by atoms with Crippen molar-refractivity contribution >= 4 is 0 Å². The minimum atomic E-state index is -0.358. The van der Waals surface area contributed by atoms with E-state index in [2.05, 4.69) is 80.2 Å². The number of hydrogen-bond acceptors (Lipinski definition) is 1. The van der Waals surface area contributed by atoms with Gasteiger partial charge in [0.1, 0.15) is 5.60 Å². The van der Waals surface area contributed by atoms with Crippen LogP contribution in [0.2, 0.25) is 0 Å². The van der Waals surface area contributed by atoms with Gasteiger partial charge in [0.2, 0.25) is 0 Å². The van der Waals surface area contributed by atoms with E-state index in [1.807, 2.05) is 0 Å². The van der Waals surface area contributed by atoms with E-state index in [-0.39, 0.29) is 16.4 Å². The highest BCUT2D eigenvalue weighted by Crippen LogP contribution is 2.35. The summed E-state index contributed by atoms with van der Waals surface area (Å²) in [6.45, 7) is 21.4. The summed E-state index contributed by atoms with van der Waals surface area (Å²) in [6.07, 6.45) is 1.53. The van der Waals surface area contributed by atoms with Gasteiger partial charge >= 0.3 is 0 Å². The first-order chi connectivity index (χ1) is 8.88. The summed E-state index contributed by atoms with van der Waals surface area (Å²) >= 11 is 0. The Morgan fingerprint density at radius 1 is 0.750 bits per heavy atom. The Labute approximate surface area is 125 Å². The molecule has 1 nitrogen and oxygen atoms in total. The molecule has 112 valence electrons. The third-order valence-corrected chi connectivity index (χ3v) is 3.74. The lowest BCUT2D eigenvalue weighted by Gasteiger charge is -2.31. The maximum atomic E-state index is 5.71. The number of rotatable bonds is 3. The largest absolute Gasteiger partial charge is 0.491 e. The van der Waals surface area contributed by atoms with Crippen LogP contribution in [0.5, 0.6) is 0 Å². The molecule has 0 fully saturated rings. The van der Waals surface area contributed by atoms with E-state index in [1.54, 1.807) is 0 Å². The molecule has 0 saturated carbocycles. The van der Waals surface area contributed by atoms with E-state index >= 15 is 0 Å². The quantitative estimate of drug-likeness (QED) is 0.645. The van der Waals surface area contributed by atoms with Crippen LogP contribution >= 0.6 is 0 Å². The van der Waals surface area contributed by atoms with E-state index in [0.29, 0.717) is 0 Å². The van der Waals surface area contributed by atoms with E-state index in [1.165, 1.54) is 23.0 Å². The Bertz CT molecular complexity index is 449. The smallest absolute Gasteiger partial charge is 0.127 e. The molecule has 1 heteroatoms. The van der Waals surface area contributed by atoms with Crippen LogP contribution in [0.15, 0.2) is 31.0 Å². The lowest BCUT2D eigenvalue weighted by Crippen LogP contribution is -2.23. The molecule has 0 unspecified atom stereocenters. The summed E-state index contributed by atoms with van der Waals surface area (Å²) in [7, 11) is 0. The van der Waals surface area contributed by atoms with Gasteiger partial charge in [-0.1, -0.05) is 66.3 Å². The second-order valence-corrected chi connectivity index (χ2v) is 8.09. The summed E-state index contributed by atoms with van der Waals surface area (Å²) in [4.78, 5) is 0. The van der Waals surface area contributed by atoms with Crippen molar-refractivity contribution in [3.63, 3.8) is 0 Å². The first-order valence-electron chi connectivity index (χ1n) is 7.33. The highest BCUT2D eigenvalue weighted by Gasteiger charge is 2.27. The molecule has 0 aromatic heterocycles. The minimum Gasteiger partial charge on any atom is -0.491 e. The van der Waals surface area contributed by atoms with Crippen molar-refractivity contribution < 1.29 is 4.74 Å². The van der Waals surface area contributed by atoms with Crippen LogP contribution in [-0.4, -0.2) is 0 Å². The topological polar surface area (TPSA) is 9.23 Å². The van der Waals surface area contributed by atoms with E-state index < -0.39 is 0 Å². The Morgan fingerprint density at radius 3 is 1.40 bits per heavy atom. The molecular formula is C19H30O. The molecule has 0 heterocycles. The van der Waals surface area contributed by atoms with Gasteiger partial charge in [0.25, 0.3) is 0 Å². The van der Waals surface area contributed by atoms with E-state index in [4.69, 9.17) is 4.74 Å². The average Bonchev–Trinajstić information content (AvgIpc) is 2.26. The van der Waals surface area contributed by atoms with E-state index in [0.717, 1.165) is 0 Å². The van der Waals surface area contributed by atoms with Crippen LogP contribution in [0, 0.1) is 0 Å². The molecule has 0 aliphatic heterocycles. The van der Waals surface area contributed by atoms with Gasteiger partial charge in [0, 0.05) is 0 Å². The Morgan fingerprint density at radius 2 is 1.10 bits per heavy atom. The second-order valence-electron chi connectivity index (χ2n) is 8.09. The maximum absolute atomic E-state index is 5.71. The SMILES string of the molecule is C=COC(C)(C)c1cc(C(C)(C)C)cc(C(C)(C)C)c1. The third kappa shape index (κ3) is 3.88. The molecular weight excluding hydrogens is 244 g/mol. The van der Waals surface area contributed by atoms with Crippen LogP contribution in [-0.2, 0) is 21.2 Å². The summed E-state index contributed by atoms with van der Waals surface area (Å²) in [5, 5.41) is 0. The first kappa shape index (κ1) is 16.8. The molecule has 0 saturated heterocycles. The van der Waals surface area contributed by atoms with Crippen molar-refractivity contribution in [2.45, 2.75) is 71.8 Å². The second kappa shape index (κ2) is 5.27. The predicted molar refractivity (Wildman–Crippen MR) is 88.2 cm³/mol. The van der Waals surface area contributed by atoms with Crippen LogP contribution in [0.1, 0.15) is 72.1 Å². The normalized spacial score (nSPS) is 13.2. The van der Waals surface area contributed by atoms with E-state index in [9.17, 15) is 0 Å². The lowest BCUT2D eigenvalue weighted by molar-refractivity contribution is 0.0557. The zero-order chi connectivity index (χ0) is 15.8. The highest BCUT2D eigenvalue weighted by molar-refractivity contribution is 5.39.